The highest BCUT2D eigenvalue weighted by Crippen LogP contribution is 2.26. The van der Waals surface area contributed by atoms with Crippen LogP contribution in [0.5, 0.6) is 5.75 Å². The molecule has 0 atom stereocenters. The summed E-state index contributed by atoms with van der Waals surface area (Å²) in [4.78, 5) is 1.67. The average Bonchev–Trinajstić information content (AvgIpc) is 2.30. The molecule has 0 aromatic heterocycles. The van der Waals surface area contributed by atoms with Gasteiger partial charge in [0.15, 0.2) is 11.6 Å². The highest BCUT2D eigenvalue weighted by atomic mass is 19.1. The van der Waals surface area contributed by atoms with Gasteiger partial charge in [-0.2, -0.15) is 0 Å². The van der Waals surface area contributed by atoms with Crippen LogP contribution in [-0.4, -0.2) is 33.3 Å². The van der Waals surface area contributed by atoms with Gasteiger partial charge in [-0.15, -0.1) is 0 Å². The molecule has 0 spiro atoms. The minimum atomic E-state index is -0.558. The summed E-state index contributed by atoms with van der Waals surface area (Å²) in [5.74, 6) is -1.12. The Balaban J connectivity index is 2.73. The molecule has 0 aliphatic heterocycles. The summed E-state index contributed by atoms with van der Waals surface area (Å²) >= 11 is 0. The van der Waals surface area contributed by atoms with Gasteiger partial charge in [0.05, 0.1) is 12.8 Å². The molecule has 18 heavy (non-hydrogen) atoms. The van der Waals surface area contributed by atoms with Crippen molar-refractivity contribution in [2.24, 2.45) is 0 Å². The Morgan fingerprint density at radius 3 is 2.50 bits per heavy atom. The molecule has 0 aliphatic carbocycles. The van der Waals surface area contributed by atoms with Gasteiger partial charge in [-0.1, -0.05) is 13.8 Å². The summed E-state index contributed by atoms with van der Waals surface area (Å²) < 4.78 is 32.0. The van der Waals surface area contributed by atoms with Crippen LogP contribution in [0.1, 0.15) is 13.8 Å². The largest absolute Gasteiger partial charge is 0.494 e. The number of benzene rings is 1. The van der Waals surface area contributed by atoms with Crippen LogP contribution >= 0.6 is 0 Å². The second kappa shape index (κ2) is 6.54. The van der Waals surface area contributed by atoms with Gasteiger partial charge in [0.25, 0.3) is 0 Å². The molecule has 1 aromatic carbocycles. The first-order valence-electron chi connectivity index (χ1n) is 5.93. The number of nitrogens with one attached hydrogen (secondary N) is 1. The van der Waals surface area contributed by atoms with Crippen molar-refractivity contribution in [1.82, 2.24) is 5.32 Å². The molecule has 0 bridgehead atoms. The second-order valence-corrected chi connectivity index (χ2v) is 4.47. The minimum absolute atomic E-state index is 0.0787. The van der Waals surface area contributed by atoms with Crippen molar-refractivity contribution >= 4 is 5.69 Å². The summed E-state index contributed by atoms with van der Waals surface area (Å²) in [5, 5.41) is 3.22. The lowest BCUT2D eigenvalue weighted by Crippen LogP contribution is -2.33. The molecule has 1 N–H and O–H groups in total. The highest BCUT2D eigenvalue weighted by Gasteiger charge is 2.13. The number of anilines is 1. The fourth-order valence-electron chi connectivity index (χ4n) is 1.61. The van der Waals surface area contributed by atoms with Gasteiger partial charge >= 0.3 is 0 Å². The smallest absolute Gasteiger partial charge is 0.167 e. The molecular weight excluding hydrogens is 238 g/mol. The maximum Gasteiger partial charge on any atom is 0.167 e. The Kier molecular flexibility index (Phi) is 5.34. The molecule has 0 amide bonds. The van der Waals surface area contributed by atoms with E-state index in [0.29, 0.717) is 19.1 Å². The van der Waals surface area contributed by atoms with E-state index in [-0.39, 0.29) is 11.4 Å². The third-order valence-corrected chi connectivity index (χ3v) is 2.63. The van der Waals surface area contributed by atoms with E-state index in [1.54, 1.807) is 11.9 Å². The first kappa shape index (κ1) is 14.7. The van der Waals surface area contributed by atoms with Crippen LogP contribution in [0, 0.1) is 11.6 Å². The number of halogens is 2. The summed E-state index contributed by atoms with van der Waals surface area (Å²) in [6, 6.07) is 2.59. The summed E-state index contributed by atoms with van der Waals surface area (Å²) in [6.07, 6.45) is 0. The molecule has 0 fully saturated rings. The third-order valence-electron chi connectivity index (χ3n) is 2.63. The van der Waals surface area contributed by atoms with E-state index in [1.165, 1.54) is 7.11 Å². The van der Waals surface area contributed by atoms with Gasteiger partial charge in [-0.25, -0.2) is 8.78 Å². The lowest BCUT2D eigenvalue weighted by atomic mass is 10.2. The van der Waals surface area contributed by atoms with Crippen LogP contribution < -0.4 is 15.0 Å². The molecule has 1 rings (SSSR count). The van der Waals surface area contributed by atoms with Gasteiger partial charge in [0, 0.05) is 38.3 Å². The van der Waals surface area contributed by atoms with Crippen molar-refractivity contribution in [3.05, 3.63) is 23.8 Å². The molecular formula is C13H20F2N2O. The number of rotatable bonds is 6. The number of methoxy groups -OCH3 is 1. The fourth-order valence-corrected chi connectivity index (χ4v) is 1.61. The van der Waals surface area contributed by atoms with E-state index in [4.69, 9.17) is 4.74 Å². The Bertz CT molecular complexity index is 397. The van der Waals surface area contributed by atoms with Crippen LogP contribution in [0.2, 0.25) is 0 Å². The van der Waals surface area contributed by atoms with Gasteiger partial charge in [-0.05, 0) is 0 Å². The number of likely N-dealkylation sites (N-methyl/N-ethyl adjacent to an activating group) is 1. The van der Waals surface area contributed by atoms with Gasteiger partial charge in [-0.3, -0.25) is 0 Å². The first-order valence-corrected chi connectivity index (χ1v) is 5.93. The van der Waals surface area contributed by atoms with E-state index >= 15 is 0 Å². The highest BCUT2D eigenvalue weighted by molar-refractivity contribution is 5.50. The molecule has 0 saturated carbocycles. The zero-order chi connectivity index (χ0) is 13.7. The van der Waals surface area contributed by atoms with Crippen LogP contribution in [-0.2, 0) is 0 Å². The Morgan fingerprint density at radius 2 is 1.94 bits per heavy atom. The van der Waals surface area contributed by atoms with E-state index in [9.17, 15) is 8.78 Å². The lowest BCUT2D eigenvalue weighted by Gasteiger charge is -2.21. The molecule has 0 saturated heterocycles. The standard InChI is InChI=1S/C13H20F2N2O/c1-9(2)16-5-6-17(3)12-7-11(15)13(18-4)8-10(12)14/h7-9,16H,5-6H2,1-4H3. The molecule has 102 valence electrons. The number of nitrogens with zero attached hydrogens (tertiary/aromatic N) is 1. The summed E-state index contributed by atoms with van der Waals surface area (Å²) in [5.41, 5.74) is 0.235. The van der Waals surface area contributed by atoms with Crippen LogP contribution in [0.15, 0.2) is 12.1 Å². The minimum Gasteiger partial charge on any atom is -0.494 e. The predicted molar refractivity (Wildman–Crippen MR) is 69.3 cm³/mol. The van der Waals surface area contributed by atoms with Crippen LogP contribution in [0.25, 0.3) is 0 Å². The molecule has 1 aromatic rings. The van der Waals surface area contributed by atoms with Crippen molar-refractivity contribution in [3.63, 3.8) is 0 Å². The maximum atomic E-state index is 13.7. The number of ether oxygens (including phenoxy) is 1. The SMILES string of the molecule is COc1cc(F)c(N(C)CCNC(C)C)cc1F. The van der Waals surface area contributed by atoms with E-state index in [1.807, 2.05) is 13.8 Å². The maximum absolute atomic E-state index is 13.7. The normalized spacial score (nSPS) is 10.8. The Labute approximate surface area is 107 Å². The fraction of sp³-hybridized carbons (Fsp3) is 0.538. The van der Waals surface area contributed by atoms with Gasteiger partial charge in [0.1, 0.15) is 5.82 Å². The number of hydrogen-bond donors (Lipinski definition) is 1. The zero-order valence-electron chi connectivity index (χ0n) is 11.3. The monoisotopic (exact) mass is 258 g/mol. The van der Waals surface area contributed by atoms with Crippen LogP contribution in [0.4, 0.5) is 14.5 Å². The summed E-state index contributed by atoms with van der Waals surface area (Å²) in [7, 11) is 3.04. The molecule has 0 heterocycles. The molecule has 0 radical (unpaired) electrons. The third kappa shape index (κ3) is 3.84. The lowest BCUT2D eigenvalue weighted by molar-refractivity contribution is 0.383. The van der Waals surface area contributed by atoms with Crippen molar-refractivity contribution in [2.45, 2.75) is 19.9 Å². The van der Waals surface area contributed by atoms with E-state index in [0.717, 1.165) is 12.1 Å². The Morgan fingerprint density at radius 1 is 1.28 bits per heavy atom. The van der Waals surface area contributed by atoms with Crippen molar-refractivity contribution in [1.29, 1.82) is 0 Å². The van der Waals surface area contributed by atoms with Crippen LogP contribution in [0.3, 0.4) is 0 Å². The molecule has 0 aliphatic rings. The topological polar surface area (TPSA) is 24.5 Å². The average molecular weight is 258 g/mol. The molecule has 3 nitrogen and oxygen atoms in total. The molecule has 5 heteroatoms. The molecule has 0 unspecified atom stereocenters. The summed E-state index contributed by atoms with van der Waals surface area (Å²) in [6.45, 7) is 5.38. The predicted octanol–water partition coefficient (Wildman–Crippen LogP) is 2.41. The van der Waals surface area contributed by atoms with Gasteiger partial charge in [0.2, 0.25) is 0 Å². The van der Waals surface area contributed by atoms with Crippen molar-refractivity contribution in [3.8, 4) is 5.75 Å². The first-order chi connectivity index (χ1) is 8.45. The van der Waals surface area contributed by atoms with E-state index < -0.39 is 11.6 Å². The van der Waals surface area contributed by atoms with Gasteiger partial charge < -0.3 is 15.0 Å². The Hall–Kier alpha value is -1.36. The number of hydrogen-bond acceptors (Lipinski definition) is 3. The van der Waals surface area contributed by atoms with Crippen molar-refractivity contribution < 1.29 is 13.5 Å². The quantitative estimate of drug-likeness (QED) is 0.848. The van der Waals surface area contributed by atoms with Crippen molar-refractivity contribution in [2.75, 3.05) is 32.1 Å². The zero-order valence-corrected chi connectivity index (χ0v) is 11.3. The van der Waals surface area contributed by atoms with E-state index in [2.05, 4.69) is 5.32 Å². The second-order valence-electron chi connectivity index (χ2n) is 4.47.